The molecule has 3 heterocycles. The number of aryl methyl sites for hydroxylation is 1. The summed E-state index contributed by atoms with van der Waals surface area (Å²) >= 11 is 0. The van der Waals surface area contributed by atoms with E-state index in [0.717, 1.165) is 12.0 Å². The molecule has 9 heteroatoms. The third kappa shape index (κ3) is 4.64. The molecule has 2 aromatic heterocycles. The lowest BCUT2D eigenvalue weighted by molar-refractivity contribution is -0.148. The van der Waals surface area contributed by atoms with E-state index in [2.05, 4.69) is 5.32 Å². The Labute approximate surface area is 186 Å². The number of fused-ring (bicyclic) bond motifs is 1. The van der Waals surface area contributed by atoms with Gasteiger partial charge < -0.3 is 15.0 Å². The quantitative estimate of drug-likeness (QED) is 0.416. The third-order valence-corrected chi connectivity index (χ3v) is 5.40. The summed E-state index contributed by atoms with van der Waals surface area (Å²) in [5.74, 6) is -0.812. The van der Waals surface area contributed by atoms with Crippen LogP contribution in [0.15, 0.2) is 28.7 Å². The van der Waals surface area contributed by atoms with E-state index in [9.17, 15) is 19.6 Å². The van der Waals surface area contributed by atoms with E-state index in [1.54, 1.807) is 26.1 Å². The number of hydrogen-bond donors (Lipinski definition) is 1. The number of likely N-dealkylation sites (N-methyl/N-ethyl adjacent to an activating group) is 1. The van der Waals surface area contributed by atoms with Crippen LogP contribution in [0, 0.1) is 24.2 Å². The Bertz CT molecular complexity index is 1160. The molecule has 0 bridgehead atoms. The van der Waals surface area contributed by atoms with E-state index in [0.29, 0.717) is 44.1 Å². The van der Waals surface area contributed by atoms with Gasteiger partial charge in [0.25, 0.3) is 11.5 Å². The summed E-state index contributed by atoms with van der Waals surface area (Å²) < 4.78 is 6.60. The van der Waals surface area contributed by atoms with Gasteiger partial charge in [0.05, 0.1) is 18.1 Å². The number of ether oxygens (including phenoxy) is 1. The fourth-order valence-corrected chi connectivity index (χ4v) is 3.84. The normalized spacial score (nSPS) is 16.5. The van der Waals surface area contributed by atoms with Crippen LogP contribution in [0.25, 0.3) is 11.7 Å². The molecule has 2 aromatic rings. The van der Waals surface area contributed by atoms with E-state index in [1.165, 1.54) is 10.5 Å². The highest BCUT2D eigenvalue weighted by molar-refractivity contribution is 6.02. The molecule has 1 N–H and O–H groups in total. The molecule has 3 rings (SSSR count). The first-order valence-corrected chi connectivity index (χ1v) is 10.7. The van der Waals surface area contributed by atoms with Crippen molar-refractivity contribution in [2.45, 2.75) is 33.6 Å². The number of carbonyl (C=O) groups is 2. The Morgan fingerprint density at radius 2 is 2.19 bits per heavy atom. The zero-order chi connectivity index (χ0) is 23.3. The van der Waals surface area contributed by atoms with Gasteiger partial charge in [-0.1, -0.05) is 6.07 Å². The average Bonchev–Trinajstić information content (AvgIpc) is 2.79. The number of piperidine rings is 1. The van der Waals surface area contributed by atoms with Crippen molar-refractivity contribution in [2.75, 3.05) is 31.1 Å². The summed E-state index contributed by atoms with van der Waals surface area (Å²) in [6.45, 7) is 6.96. The highest BCUT2D eigenvalue weighted by atomic mass is 16.5. The van der Waals surface area contributed by atoms with Crippen LogP contribution in [-0.2, 0) is 14.3 Å². The minimum Gasteiger partial charge on any atom is -0.466 e. The summed E-state index contributed by atoms with van der Waals surface area (Å²) in [5, 5.41) is 12.1. The minimum absolute atomic E-state index is 0.139. The fraction of sp³-hybridized carbons (Fsp3) is 0.435. The summed E-state index contributed by atoms with van der Waals surface area (Å²) in [5.41, 5.74) is 0.868. The largest absolute Gasteiger partial charge is 0.466 e. The summed E-state index contributed by atoms with van der Waals surface area (Å²) in [7, 11) is 0. The SMILES string of the molecule is CCNC(=O)C(C#N)=Cc1c(N2CCCC(C(=O)OCC)C2)nc2c(C)cccn2c1=O. The molecule has 32 heavy (non-hydrogen) atoms. The molecule has 1 atom stereocenters. The number of hydrogen-bond acceptors (Lipinski definition) is 7. The van der Waals surface area contributed by atoms with Gasteiger partial charge in [-0.15, -0.1) is 0 Å². The molecule has 1 fully saturated rings. The molecule has 1 amide bonds. The number of amides is 1. The van der Waals surface area contributed by atoms with Crippen LogP contribution in [0.2, 0.25) is 0 Å². The lowest BCUT2D eigenvalue weighted by Crippen LogP contribution is -2.41. The number of nitriles is 1. The molecule has 0 spiro atoms. The smallest absolute Gasteiger partial charge is 0.310 e. The van der Waals surface area contributed by atoms with Crippen molar-refractivity contribution in [3.8, 4) is 6.07 Å². The molecule has 0 aromatic carbocycles. The van der Waals surface area contributed by atoms with Gasteiger partial charge in [-0.3, -0.25) is 18.8 Å². The summed E-state index contributed by atoms with van der Waals surface area (Å²) in [6, 6.07) is 5.47. The number of nitrogens with zero attached hydrogens (tertiary/aromatic N) is 4. The zero-order valence-electron chi connectivity index (χ0n) is 18.6. The number of pyridine rings is 1. The Hall–Kier alpha value is -3.67. The van der Waals surface area contributed by atoms with Crippen molar-refractivity contribution in [1.29, 1.82) is 5.26 Å². The van der Waals surface area contributed by atoms with Crippen molar-refractivity contribution in [1.82, 2.24) is 14.7 Å². The van der Waals surface area contributed by atoms with E-state index >= 15 is 0 Å². The Morgan fingerprint density at radius 3 is 2.88 bits per heavy atom. The second kappa shape index (κ2) is 10.1. The molecule has 0 saturated carbocycles. The second-order valence-electron chi connectivity index (χ2n) is 7.61. The van der Waals surface area contributed by atoms with Crippen molar-refractivity contribution in [2.24, 2.45) is 5.92 Å². The van der Waals surface area contributed by atoms with Crippen LogP contribution in [0.3, 0.4) is 0 Å². The van der Waals surface area contributed by atoms with Crippen molar-refractivity contribution < 1.29 is 14.3 Å². The van der Waals surface area contributed by atoms with E-state index in [4.69, 9.17) is 9.72 Å². The van der Waals surface area contributed by atoms with E-state index < -0.39 is 5.91 Å². The van der Waals surface area contributed by atoms with Gasteiger partial charge in [0.2, 0.25) is 0 Å². The zero-order valence-corrected chi connectivity index (χ0v) is 18.6. The second-order valence-corrected chi connectivity index (χ2v) is 7.61. The number of anilines is 1. The lowest BCUT2D eigenvalue weighted by atomic mass is 9.97. The molecule has 0 radical (unpaired) electrons. The lowest BCUT2D eigenvalue weighted by Gasteiger charge is -2.33. The van der Waals surface area contributed by atoms with Crippen molar-refractivity contribution >= 4 is 29.4 Å². The van der Waals surface area contributed by atoms with Crippen LogP contribution in [0.5, 0.6) is 0 Å². The molecule has 1 aliphatic rings. The van der Waals surface area contributed by atoms with Gasteiger partial charge in [-0.05, 0) is 51.3 Å². The van der Waals surface area contributed by atoms with Gasteiger partial charge in [0.15, 0.2) is 0 Å². The maximum Gasteiger partial charge on any atom is 0.310 e. The third-order valence-electron chi connectivity index (χ3n) is 5.40. The monoisotopic (exact) mass is 437 g/mol. The molecule has 1 aliphatic heterocycles. The minimum atomic E-state index is -0.558. The average molecular weight is 438 g/mol. The summed E-state index contributed by atoms with van der Waals surface area (Å²) in [6.07, 6.45) is 4.31. The van der Waals surface area contributed by atoms with E-state index in [1.807, 2.05) is 24.0 Å². The molecular formula is C23H27N5O4. The van der Waals surface area contributed by atoms with Crippen molar-refractivity contribution in [3.05, 3.63) is 45.4 Å². The maximum atomic E-state index is 13.4. The number of rotatable bonds is 6. The van der Waals surface area contributed by atoms with Gasteiger partial charge in [0, 0.05) is 25.8 Å². The fourth-order valence-electron chi connectivity index (χ4n) is 3.84. The maximum absolute atomic E-state index is 13.4. The Kier molecular flexibility index (Phi) is 7.25. The predicted octanol–water partition coefficient (Wildman–Crippen LogP) is 1.83. The Morgan fingerprint density at radius 1 is 1.41 bits per heavy atom. The molecule has 9 nitrogen and oxygen atoms in total. The first-order valence-electron chi connectivity index (χ1n) is 10.7. The summed E-state index contributed by atoms with van der Waals surface area (Å²) in [4.78, 5) is 44.7. The van der Waals surface area contributed by atoms with Crippen molar-refractivity contribution in [3.63, 3.8) is 0 Å². The molecule has 168 valence electrons. The topological polar surface area (TPSA) is 117 Å². The highest BCUT2D eigenvalue weighted by Gasteiger charge is 2.30. The first-order chi connectivity index (χ1) is 15.4. The molecule has 1 saturated heterocycles. The first kappa shape index (κ1) is 23.0. The van der Waals surface area contributed by atoms with Crippen LogP contribution in [0.1, 0.15) is 37.8 Å². The van der Waals surface area contributed by atoms with Gasteiger partial charge in [-0.25, -0.2) is 4.98 Å². The van der Waals surface area contributed by atoms with E-state index in [-0.39, 0.29) is 28.6 Å². The molecular weight excluding hydrogens is 410 g/mol. The van der Waals surface area contributed by atoms with Gasteiger partial charge in [0.1, 0.15) is 23.1 Å². The van der Waals surface area contributed by atoms with Crippen LogP contribution >= 0.6 is 0 Å². The van der Waals surface area contributed by atoms with Crippen LogP contribution in [0.4, 0.5) is 5.82 Å². The standard InChI is InChI=1S/C23H27N5O4/c1-4-25-21(29)17(13-24)12-18-20(26-19-15(3)8-6-11-28(19)22(18)30)27-10-7-9-16(14-27)23(31)32-5-2/h6,8,11-12,16H,4-5,7,9-10,14H2,1-3H3,(H,25,29). The Balaban J connectivity index is 2.18. The molecule has 0 aliphatic carbocycles. The van der Waals surface area contributed by atoms with Crippen LogP contribution in [-0.4, -0.2) is 47.5 Å². The molecule has 1 unspecified atom stereocenters. The number of nitrogens with one attached hydrogen (secondary N) is 1. The van der Waals surface area contributed by atoms with Crippen LogP contribution < -0.4 is 15.8 Å². The van der Waals surface area contributed by atoms with Gasteiger partial charge in [-0.2, -0.15) is 5.26 Å². The number of aromatic nitrogens is 2. The highest BCUT2D eigenvalue weighted by Crippen LogP contribution is 2.26. The number of esters is 1. The van der Waals surface area contributed by atoms with Gasteiger partial charge >= 0.3 is 5.97 Å². The number of carbonyl (C=O) groups excluding carboxylic acids is 2. The predicted molar refractivity (Wildman–Crippen MR) is 120 cm³/mol.